The predicted molar refractivity (Wildman–Crippen MR) is 159 cm³/mol. The molecule has 6 amide bonds. The normalized spacial score (nSPS) is 10.3. The van der Waals surface area contributed by atoms with Crippen LogP contribution >= 0.6 is 0 Å². The minimum atomic E-state index is -0.503. The van der Waals surface area contributed by atoms with Gasteiger partial charge in [0, 0.05) is 49.9 Å². The van der Waals surface area contributed by atoms with Crippen LogP contribution in [0.1, 0.15) is 73.6 Å². The van der Waals surface area contributed by atoms with E-state index in [0.29, 0.717) is 24.2 Å². The van der Waals surface area contributed by atoms with Crippen molar-refractivity contribution in [3.8, 4) is 0 Å². The highest BCUT2D eigenvalue weighted by Crippen LogP contribution is 2.17. The highest BCUT2D eigenvalue weighted by molar-refractivity contribution is 5.95. The standard InChI is InChI=1S/C30H40N6O6/c1-19-9-11-23(21(3)17-19)31-25(37)13-15-29(41)35-33-27(39)7-5-6-8-28(40)34-36-30(42)16-14-26(38)32-24-12-10-20(2)18-22(24)4/h9-12,17-18H,5-8,13-16H2,1-4H3,(H,31,37)(H,32,38)(H,33,39)(H,34,40)(H,35,41)(H,36,42). The lowest BCUT2D eigenvalue weighted by Crippen LogP contribution is -2.42. The monoisotopic (exact) mass is 580 g/mol. The maximum absolute atomic E-state index is 12.1. The van der Waals surface area contributed by atoms with Crippen LogP contribution < -0.4 is 32.3 Å². The summed E-state index contributed by atoms with van der Waals surface area (Å²) in [7, 11) is 0. The average Bonchev–Trinajstić information content (AvgIpc) is 2.93. The molecule has 6 N–H and O–H groups in total. The number of rotatable bonds is 13. The van der Waals surface area contributed by atoms with Crippen molar-refractivity contribution in [2.24, 2.45) is 0 Å². The van der Waals surface area contributed by atoms with Crippen LogP contribution in [0.15, 0.2) is 36.4 Å². The van der Waals surface area contributed by atoms with Crippen LogP contribution in [0.3, 0.4) is 0 Å². The summed E-state index contributed by atoms with van der Waals surface area (Å²) in [5.41, 5.74) is 14.5. The summed E-state index contributed by atoms with van der Waals surface area (Å²) < 4.78 is 0. The zero-order valence-electron chi connectivity index (χ0n) is 24.6. The minimum Gasteiger partial charge on any atom is -0.326 e. The van der Waals surface area contributed by atoms with Crippen LogP contribution in [-0.2, 0) is 28.8 Å². The predicted octanol–water partition coefficient (Wildman–Crippen LogP) is 2.91. The Kier molecular flexibility index (Phi) is 13.7. The van der Waals surface area contributed by atoms with Gasteiger partial charge in [0.05, 0.1) is 0 Å². The summed E-state index contributed by atoms with van der Waals surface area (Å²) in [6.07, 6.45) is 0.618. The third kappa shape index (κ3) is 13.1. The summed E-state index contributed by atoms with van der Waals surface area (Å²) in [6.45, 7) is 7.68. The van der Waals surface area contributed by atoms with Gasteiger partial charge in [-0.3, -0.25) is 50.5 Å². The van der Waals surface area contributed by atoms with E-state index in [1.165, 1.54) is 0 Å². The second kappa shape index (κ2) is 17.2. The second-order valence-electron chi connectivity index (χ2n) is 10.1. The molecule has 2 rings (SSSR count). The highest BCUT2D eigenvalue weighted by atomic mass is 16.2. The van der Waals surface area contributed by atoms with Crippen LogP contribution in [-0.4, -0.2) is 35.4 Å². The lowest BCUT2D eigenvalue weighted by Gasteiger charge is -2.10. The molecule has 0 radical (unpaired) electrons. The molecular weight excluding hydrogens is 540 g/mol. The molecule has 0 bridgehead atoms. The first kappa shape index (κ1) is 33.5. The molecule has 2 aromatic rings. The van der Waals surface area contributed by atoms with Gasteiger partial charge in [-0.15, -0.1) is 0 Å². The van der Waals surface area contributed by atoms with Gasteiger partial charge < -0.3 is 10.6 Å². The summed E-state index contributed by atoms with van der Waals surface area (Å²) in [5, 5.41) is 5.52. The van der Waals surface area contributed by atoms with Crippen molar-refractivity contribution in [2.75, 3.05) is 10.6 Å². The number of aryl methyl sites for hydroxylation is 4. The summed E-state index contributed by atoms with van der Waals surface area (Å²) in [4.78, 5) is 71.9. The summed E-state index contributed by atoms with van der Waals surface area (Å²) >= 11 is 0. The molecule has 0 saturated carbocycles. The Balaban J connectivity index is 1.50. The molecule has 0 spiro atoms. The first-order chi connectivity index (χ1) is 19.9. The Morgan fingerprint density at radius 2 is 0.762 bits per heavy atom. The fourth-order valence-corrected chi connectivity index (χ4v) is 3.89. The maximum Gasteiger partial charge on any atom is 0.238 e. The van der Waals surface area contributed by atoms with Crippen molar-refractivity contribution in [3.05, 3.63) is 58.7 Å². The number of benzene rings is 2. The van der Waals surface area contributed by atoms with Crippen molar-refractivity contribution < 1.29 is 28.8 Å². The Bertz CT molecular complexity index is 1210. The van der Waals surface area contributed by atoms with E-state index in [9.17, 15) is 28.8 Å². The summed E-state index contributed by atoms with van der Waals surface area (Å²) in [6, 6.07) is 11.3. The van der Waals surface area contributed by atoms with Gasteiger partial charge in [0.1, 0.15) is 0 Å². The smallest absolute Gasteiger partial charge is 0.238 e. The molecule has 226 valence electrons. The van der Waals surface area contributed by atoms with E-state index in [0.717, 1.165) is 22.3 Å². The molecule has 0 saturated heterocycles. The molecule has 0 fully saturated rings. The number of carbonyl (C=O) groups is 6. The molecular formula is C30H40N6O6. The SMILES string of the molecule is Cc1ccc(NC(=O)CCC(=O)NNC(=O)CCCCC(=O)NNC(=O)CCC(=O)Nc2ccc(C)cc2C)c(C)c1. The zero-order valence-corrected chi connectivity index (χ0v) is 24.6. The van der Waals surface area contributed by atoms with Crippen LogP contribution in [0.25, 0.3) is 0 Å². The van der Waals surface area contributed by atoms with E-state index >= 15 is 0 Å². The number of anilines is 2. The Labute approximate surface area is 245 Å². The van der Waals surface area contributed by atoms with Gasteiger partial charge in [-0.2, -0.15) is 0 Å². The number of amides is 6. The number of nitrogens with one attached hydrogen (secondary N) is 6. The van der Waals surface area contributed by atoms with Crippen molar-refractivity contribution >= 4 is 46.8 Å². The molecule has 2 aromatic carbocycles. The van der Waals surface area contributed by atoms with Gasteiger partial charge >= 0.3 is 0 Å². The zero-order chi connectivity index (χ0) is 31.1. The third-order valence-electron chi connectivity index (χ3n) is 6.21. The average molecular weight is 581 g/mol. The quantitative estimate of drug-likeness (QED) is 0.157. The topological polar surface area (TPSA) is 175 Å². The minimum absolute atomic E-state index is 0.0407. The van der Waals surface area contributed by atoms with Crippen LogP contribution in [0.2, 0.25) is 0 Å². The van der Waals surface area contributed by atoms with Gasteiger partial charge in [-0.25, -0.2) is 0 Å². The molecule has 12 heteroatoms. The number of unbranched alkanes of at least 4 members (excludes halogenated alkanes) is 1. The Morgan fingerprint density at radius 3 is 1.10 bits per heavy atom. The van der Waals surface area contributed by atoms with E-state index in [1.807, 2.05) is 52.0 Å². The van der Waals surface area contributed by atoms with Gasteiger partial charge in [-0.1, -0.05) is 35.4 Å². The van der Waals surface area contributed by atoms with E-state index in [4.69, 9.17) is 0 Å². The Morgan fingerprint density at radius 1 is 0.452 bits per heavy atom. The van der Waals surface area contributed by atoms with E-state index < -0.39 is 23.6 Å². The van der Waals surface area contributed by atoms with E-state index in [2.05, 4.69) is 32.3 Å². The molecule has 0 aliphatic heterocycles. The van der Waals surface area contributed by atoms with Crippen molar-refractivity contribution in [1.29, 1.82) is 0 Å². The highest BCUT2D eigenvalue weighted by Gasteiger charge is 2.12. The van der Waals surface area contributed by atoms with Gasteiger partial charge in [0.15, 0.2) is 0 Å². The first-order valence-corrected chi connectivity index (χ1v) is 13.8. The van der Waals surface area contributed by atoms with Crippen molar-refractivity contribution in [1.82, 2.24) is 21.7 Å². The molecule has 0 aliphatic carbocycles. The molecule has 0 atom stereocenters. The molecule has 12 nitrogen and oxygen atoms in total. The molecule has 0 aliphatic rings. The third-order valence-corrected chi connectivity index (χ3v) is 6.21. The van der Waals surface area contributed by atoms with Crippen molar-refractivity contribution in [3.63, 3.8) is 0 Å². The maximum atomic E-state index is 12.1. The van der Waals surface area contributed by atoms with E-state index in [-0.39, 0.29) is 50.3 Å². The fraction of sp³-hybridized carbons (Fsp3) is 0.400. The molecule has 0 heterocycles. The van der Waals surface area contributed by atoms with Gasteiger partial charge in [0.25, 0.3) is 0 Å². The van der Waals surface area contributed by atoms with E-state index in [1.54, 1.807) is 12.1 Å². The largest absolute Gasteiger partial charge is 0.326 e. The Hall–Kier alpha value is -4.74. The summed E-state index contributed by atoms with van der Waals surface area (Å²) in [5.74, 6) is -2.49. The fourth-order valence-electron chi connectivity index (χ4n) is 3.89. The number of hydrogen-bond donors (Lipinski definition) is 6. The first-order valence-electron chi connectivity index (χ1n) is 13.8. The number of hydrogen-bond acceptors (Lipinski definition) is 6. The van der Waals surface area contributed by atoms with Crippen LogP contribution in [0, 0.1) is 27.7 Å². The lowest BCUT2D eigenvalue weighted by atomic mass is 10.1. The van der Waals surface area contributed by atoms with Crippen LogP contribution in [0.5, 0.6) is 0 Å². The molecule has 42 heavy (non-hydrogen) atoms. The molecule has 0 unspecified atom stereocenters. The second-order valence-corrected chi connectivity index (χ2v) is 10.1. The lowest BCUT2D eigenvalue weighted by molar-refractivity contribution is -0.130. The number of hydrazine groups is 2. The molecule has 0 aromatic heterocycles. The van der Waals surface area contributed by atoms with Gasteiger partial charge in [-0.05, 0) is 63.8 Å². The van der Waals surface area contributed by atoms with Crippen molar-refractivity contribution in [2.45, 2.75) is 79.1 Å². The van der Waals surface area contributed by atoms with Crippen LogP contribution in [0.4, 0.5) is 11.4 Å². The number of carbonyl (C=O) groups excluding carboxylic acids is 6. The van der Waals surface area contributed by atoms with Gasteiger partial charge in [0.2, 0.25) is 35.4 Å².